The molecule has 19 heavy (non-hydrogen) atoms. The minimum Gasteiger partial charge on any atom is -0.241 e. The van der Waals surface area contributed by atoms with Crippen LogP contribution in [0.15, 0.2) is 24.3 Å². The maximum atomic E-state index is 6.09. The Balaban J connectivity index is 2.04. The number of nitrogens with zero attached hydrogens (tertiary/aromatic N) is 2. The molecular weight excluding hydrogens is 256 g/mol. The molecule has 1 aromatic carbocycles. The molecule has 2 nitrogen and oxygen atoms in total. The van der Waals surface area contributed by atoms with Crippen molar-refractivity contribution in [3.05, 3.63) is 34.9 Å². The van der Waals surface area contributed by atoms with E-state index in [0.29, 0.717) is 5.92 Å². The highest BCUT2D eigenvalue weighted by Gasteiger charge is 2.19. The van der Waals surface area contributed by atoms with Gasteiger partial charge >= 0.3 is 0 Å². The topological polar surface area (TPSA) is 6.48 Å². The van der Waals surface area contributed by atoms with E-state index in [1.807, 2.05) is 12.1 Å². The molecule has 2 rings (SSSR count). The summed E-state index contributed by atoms with van der Waals surface area (Å²) in [5.41, 5.74) is 1.30. The van der Waals surface area contributed by atoms with E-state index in [1.54, 1.807) is 0 Å². The van der Waals surface area contributed by atoms with Gasteiger partial charge in [-0.3, -0.25) is 0 Å². The summed E-state index contributed by atoms with van der Waals surface area (Å²) in [4.78, 5) is 0. The Morgan fingerprint density at radius 1 is 1.21 bits per heavy atom. The summed E-state index contributed by atoms with van der Waals surface area (Å²) in [5.74, 6) is 0.682. The van der Waals surface area contributed by atoms with E-state index in [-0.39, 0.29) is 0 Å². The fourth-order valence-electron chi connectivity index (χ4n) is 2.71. The second-order valence-corrected chi connectivity index (χ2v) is 6.32. The van der Waals surface area contributed by atoms with Crippen LogP contribution < -0.4 is 0 Å². The SMILES string of the molecule is CC(C)CN(Cc1cccc(Cl)c1)N1CCCCC1. The van der Waals surface area contributed by atoms with Crippen LogP contribution in [-0.2, 0) is 6.54 Å². The minimum absolute atomic E-state index is 0.682. The number of hydrogen-bond donors (Lipinski definition) is 0. The van der Waals surface area contributed by atoms with Crippen LogP contribution in [0.4, 0.5) is 0 Å². The van der Waals surface area contributed by atoms with Gasteiger partial charge in [-0.05, 0) is 36.5 Å². The summed E-state index contributed by atoms with van der Waals surface area (Å²) in [6, 6.07) is 8.24. The second-order valence-electron chi connectivity index (χ2n) is 5.89. The zero-order chi connectivity index (χ0) is 13.7. The molecule has 106 valence electrons. The Hall–Kier alpha value is -0.570. The van der Waals surface area contributed by atoms with Crippen LogP contribution in [0.2, 0.25) is 5.02 Å². The number of hydrogen-bond acceptors (Lipinski definition) is 2. The van der Waals surface area contributed by atoms with Gasteiger partial charge in [0.25, 0.3) is 0 Å². The summed E-state index contributed by atoms with van der Waals surface area (Å²) in [6.07, 6.45) is 4.03. The Kier molecular flexibility index (Phi) is 5.68. The first-order chi connectivity index (χ1) is 9.15. The Labute approximate surface area is 122 Å². The van der Waals surface area contributed by atoms with Crippen LogP contribution in [-0.4, -0.2) is 29.7 Å². The fraction of sp³-hybridized carbons (Fsp3) is 0.625. The molecule has 0 radical (unpaired) electrons. The zero-order valence-electron chi connectivity index (χ0n) is 12.1. The van der Waals surface area contributed by atoms with Crippen LogP contribution in [0.3, 0.4) is 0 Å². The lowest BCUT2D eigenvalue weighted by atomic mass is 10.1. The van der Waals surface area contributed by atoms with E-state index < -0.39 is 0 Å². The summed E-state index contributed by atoms with van der Waals surface area (Å²) in [5, 5.41) is 5.88. The highest BCUT2D eigenvalue weighted by atomic mass is 35.5. The van der Waals surface area contributed by atoms with E-state index in [2.05, 4.69) is 36.0 Å². The molecule has 1 saturated heterocycles. The third-order valence-electron chi connectivity index (χ3n) is 3.56. The summed E-state index contributed by atoms with van der Waals surface area (Å²) in [6.45, 7) is 9.07. The molecule has 1 heterocycles. The normalized spacial score (nSPS) is 17.3. The van der Waals surface area contributed by atoms with Crippen molar-refractivity contribution in [3.63, 3.8) is 0 Å². The van der Waals surface area contributed by atoms with Gasteiger partial charge in [-0.15, -0.1) is 0 Å². The summed E-state index contributed by atoms with van der Waals surface area (Å²) in [7, 11) is 0. The molecule has 0 saturated carbocycles. The van der Waals surface area contributed by atoms with E-state index in [9.17, 15) is 0 Å². The van der Waals surface area contributed by atoms with E-state index in [4.69, 9.17) is 11.6 Å². The van der Waals surface area contributed by atoms with Gasteiger partial charge < -0.3 is 0 Å². The highest BCUT2D eigenvalue weighted by Crippen LogP contribution is 2.18. The van der Waals surface area contributed by atoms with Crippen molar-refractivity contribution in [1.29, 1.82) is 0 Å². The van der Waals surface area contributed by atoms with E-state index in [1.165, 1.54) is 37.9 Å². The average Bonchev–Trinajstić information content (AvgIpc) is 2.38. The smallest absolute Gasteiger partial charge is 0.0409 e. The number of benzene rings is 1. The number of halogens is 1. The van der Waals surface area contributed by atoms with Gasteiger partial charge in [-0.25, -0.2) is 10.0 Å². The molecular formula is C16H25ClN2. The van der Waals surface area contributed by atoms with Crippen LogP contribution in [0.1, 0.15) is 38.7 Å². The van der Waals surface area contributed by atoms with Crippen molar-refractivity contribution in [2.45, 2.75) is 39.7 Å². The molecule has 0 bridgehead atoms. The lowest BCUT2D eigenvalue weighted by Crippen LogP contribution is -2.46. The molecule has 0 spiro atoms. The first-order valence-corrected chi connectivity index (χ1v) is 7.77. The van der Waals surface area contributed by atoms with Crippen LogP contribution in [0.5, 0.6) is 0 Å². The Morgan fingerprint density at radius 2 is 1.95 bits per heavy atom. The van der Waals surface area contributed by atoms with Gasteiger partial charge in [0.2, 0.25) is 0 Å². The van der Waals surface area contributed by atoms with Crippen LogP contribution in [0, 0.1) is 5.92 Å². The number of hydrazine groups is 1. The van der Waals surface area contributed by atoms with Crippen molar-refractivity contribution in [3.8, 4) is 0 Å². The van der Waals surface area contributed by atoms with Gasteiger partial charge in [0.1, 0.15) is 0 Å². The molecule has 0 aromatic heterocycles. The Morgan fingerprint density at radius 3 is 2.58 bits per heavy atom. The molecule has 0 N–H and O–H groups in total. The lowest BCUT2D eigenvalue weighted by Gasteiger charge is -2.38. The molecule has 0 amide bonds. The molecule has 0 unspecified atom stereocenters. The molecule has 1 aliphatic heterocycles. The van der Waals surface area contributed by atoms with Crippen molar-refractivity contribution >= 4 is 11.6 Å². The molecule has 1 aromatic rings. The molecule has 3 heteroatoms. The van der Waals surface area contributed by atoms with Gasteiger partial charge in [0, 0.05) is 31.2 Å². The van der Waals surface area contributed by atoms with Gasteiger partial charge in [0.15, 0.2) is 0 Å². The summed E-state index contributed by atoms with van der Waals surface area (Å²) >= 11 is 6.09. The summed E-state index contributed by atoms with van der Waals surface area (Å²) < 4.78 is 0. The first kappa shape index (κ1) is 14.8. The molecule has 1 fully saturated rings. The van der Waals surface area contributed by atoms with Crippen LogP contribution >= 0.6 is 11.6 Å². The van der Waals surface area contributed by atoms with Gasteiger partial charge in [-0.2, -0.15) is 0 Å². The predicted octanol–water partition coefficient (Wildman–Crippen LogP) is 4.20. The largest absolute Gasteiger partial charge is 0.241 e. The molecule has 0 aliphatic carbocycles. The first-order valence-electron chi connectivity index (χ1n) is 7.39. The Bertz CT molecular complexity index is 386. The lowest BCUT2D eigenvalue weighted by molar-refractivity contribution is -0.0546. The van der Waals surface area contributed by atoms with Gasteiger partial charge in [0.05, 0.1) is 0 Å². The van der Waals surface area contributed by atoms with Crippen molar-refractivity contribution in [2.24, 2.45) is 5.92 Å². The fourth-order valence-corrected chi connectivity index (χ4v) is 2.92. The quantitative estimate of drug-likeness (QED) is 0.798. The standard InChI is InChI=1S/C16H25ClN2/c1-14(2)12-19(18-9-4-3-5-10-18)13-15-7-6-8-16(17)11-15/h6-8,11,14H,3-5,9-10,12-13H2,1-2H3. The van der Waals surface area contributed by atoms with Gasteiger partial charge in [-0.1, -0.05) is 44.0 Å². The highest BCUT2D eigenvalue weighted by molar-refractivity contribution is 6.30. The van der Waals surface area contributed by atoms with Crippen molar-refractivity contribution in [2.75, 3.05) is 19.6 Å². The third-order valence-corrected chi connectivity index (χ3v) is 3.80. The maximum absolute atomic E-state index is 6.09. The third kappa shape index (κ3) is 4.79. The maximum Gasteiger partial charge on any atom is 0.0409 e. The minimum atomic E-state index is 0.682. The zero-order valence-corrected chi connectivity index (χ0v) is 12.9. The predicted molar refractivity (Wildman–Crippen MR) is 82.1 cm³/mol. The van der Waals surface area contributed by atoms with E-state index >= 15 is 0 Å². The van der Waals surface area contributed by atoms with E-state index in [0.717, 1.165) is 18.1 Å². The number of piperidine rings is 1. The van der Waals surface area contributed by atoms with Crippen molar-refractivity contribution < 1.29 is 0 Å². The van der Waals surface area contributed by atoms with Crippen LogP contribution in [0.25, 0.3) is 0 Å². The number of rotatable bonds is 5. The monoisotopic (exact) mass is 280 g/mol. The second kappa shape index (κ2) is 7.28. The molecule has 1 aliphatic rings. The molecule has 0 atom stereocenters. The van der Waals surface area contributed by atoms with Crippen molar-refractivity contribution in [1.82, 2.24) is 10.0 Å². The average molecular weight is 281 g/mol.